The van der Waals surface area contributed by atoms with Crippen LogP contribution in [-0.4, -0.2) is 4.98 Å². The summed E-state index contributed by atoms with van der Waals surface area (Å²) in [4.78, 5) is 3.31. The van der Waals surface area contributed by atoms with Crippen LogP contribution in [0, 0.1) is 6.92 Å². The zero-order chi connectivity index (χ0) is 11.0. The molecule has 0 unspecified atom stereocenters. The average Bonchev–Trinajstić information content (AvgIpc) is 2.75. The normalized spacial score (nSPS) is 10.8. The highest BCUT2D eigenvalue weighted by Gasteiger charge is 2.03. The van der Waals surface area contributed by atoms with Crippen LogP contribution in [0.15, 0.2) is 54.7 Å². The highest BCUT2D eigenvalue weighted by atomic mass is 14.7. The highest BCUT2D eigenvalue weighted by molar-refractivity contribution is 5.95. The molecule has 1 heteroatoms. The lowest BCUT2D eigenvalue weighted by molar-refractivity contribution is 1.39. The Kier molecular flexibility index (Phi) is 2.03. The first kappa shape index (κ1) is 9.22. The average molecular weight is 207 g/mol. The van der Waals surface area contributed by atoms with Crippen LogP contribution in [0.4, 0.5) is 0 Å². The summed E-state index contributed by atoms with van der Waals surface area (Å²) >= 11 is 0. The number of aromatic nitrogens is 1. The van der Waals surface area contributed by atoms with Crippen molar-refractivity contribution in [3.63, 3.8) is 0 Å². The summed E-state index contributed by atoms with van der Waals surface area (Å²) in [5, 5.41) is 2.58. The topological polar surface area (TPSA) is 15.8 Å². The van der Waals surface area contributed by atoms with E-state index in [1.165, 1.54) is 27.6 Å². The standard InChI is InChI=1S/C15H13N/c1-11-9-15(16-10-11)14-8-4-6-12-5-2-3-7-13(12)14/h2-10,16H,1H3. The van der Waals surface area contributed by atoms with Gasteiger partial charge < -0.3 is 4.98 Å². The van der Waals surface area contributed by atoms with Crippen molar-refractivity contribution >= 4 is 10.8 Å². The second-order valence-corrected chi connectivity index (χ2v) is 4.12. The van der Waals surface area contributed by atoms with E-state index in [0.29, 0.717) is 0 Å². The Morgan fingerprint density at radius 3 is 2.56 bits per heavy atom. The minimum Gasteiger partial charge on any atom is -0.361 e. The van der Waals surface area contributed by atoms with Crippen molar-refractivity contribution in [2.75, 3.05) is 0 Å². The molecule has 0 spiro atoms. The molecule has 0 aliphatic heterocycles. The number of aryl methyl sites for hydroxylation is 1. The molecular formula is C15H13N. The first-order valence-corrected chi connectivity index (χ1v) is 5.48. The van der Waals surface area contributed by atoms with Gasteiger partial charge in [0.15, 0.2) is 0 Å². The Hall–Kier alpha value is -2.02. The SMILES string of the molecule is Cc1c[nH]c(-c2cccc3ccccc23)c1. The third kappa shape index (κ3) is 1.41. The van der Waals surface area contributed by atoms with Gasteiger partial charge in [0.2, 0.25) is 0 Å². The van der Waals surface area contributed by atoms with Crippen LogP contribution in [0.3, 0.4) is 0 Å². The minimum absolute atomic E-state index is 1.19. The molecule has 0 fully saturated rings. The third-order valence-corrected chi connectivity index (χ3v) is 2.91. The first-order valence-electron chi connectivity index (χ1n) is 5.48. The zero-order valence-corrected chi connectivity index (χ0v) is 9.20. The summed E-state index contributed by atoms with van der Waals surface area (Å²) in [5.41, 5.74) is 3.73. The number of aromatic amines is 1. The molecule has 0 saturated heterocycles. The maximum absolute atomic E-state index is 3.31. The number of H-pyrrole nitrogens is 1. The second-order valence-electron chi connectivity index (χ2n) is 4.12. The second kappa shape index (κ2) is 3.53. The van der Waals surface area contributed by atoms with Crippen LogP contribution in [0.25, 0.3) is 22.0 Å². The van der Waals surface area contributed by atoms with Gasteiger partial charge in [0.05, 0.1) is 0 Å². The molecule has 78 valence electrons. The third-order valence-electron chi connectivity index (χ3n) is 2.91. The number of rotatable bonds is 1. The fraction of sp³-hybridized carbons (Fsp3) is 0.0667. The molecule has 3 aromatic rings. The fourth-order valence-electron chi connectivity index (χ4n) is 2.12. The lowest BCUT2D eigenvalue weighted by atomic mass is 10.0. The summed E-state index contributed by atoms with van der Waals surface area (Å²) in [7, 11) is 0. The van der Waals surface area contributed by atoms with E-state index >= 15 is 0 Å². The van der Waals surface area contributed by atoms with E-state index in [-0.39, 0.29) is 0 Å². The molecule has 3 rings (SSSR count). The Bertz CT molecular complexity index is 629. The van der Waals surface area contributed by atoms with Crippen molar-refractivity contribution in [3.05, 3.63) is 60.3 Å². The van der Waals surface area contributed by atoms with E-state index in [2.05, 4.69) is 60.4 Å². The van der Waals surface area contributed by atoms with Crippen LogP contribution < -0.4 is 0 Å². The molecule has 0 radical (unpaired) electrons. The molecular weight excluding hydrogens is 194 g/mol. The molecule has 1 heterocycles. The predicted molar refractivity (Wildman–Crippen MR) is 68.5 cm³/mol. The fourth-order valence-corrected chi connectivity index (χ4v) is 2.12. The molecule has 2 aromatic carbocycles. The van der Waals surface area contributed by atoms with Gasteiger partial charge in [0.1, 0.15) is 0 Å². The Morgan fingerprint density at radius 2 is 1.75 bits per heavy atom. The van der Waals surface area contributed by atoms with Gasteiger partial charge in [0, 0.05) is 17.5 Å². The summed E-state index contributed by atoms with van der Waals surface area (Å²) in [6.07, 6.45) is 2.04. The van der Waals surface area contributed by atoms with Crippen molar-refractivity contribution in [1.29, 1.82) is 0 Å². The van der Waals surface area contributed by atoms with Gasteiger partial charge in [-0.15, -0.1) is 0 Å². The molecule has 0 saturated carbocycles. The molecule has 0 aliphatic rings. The molecule has 1 aromatic heterocycles. The first-order chi connectivity index (χ1) is 7.84. The van der Waals surface area contributed by atoms with Crippen molar-refractivity contribution in [3.8, 4) is 11.3 Å². The van der Waals surface area contributed by atoms with Crippen molar-refractivity contribution in [2.45, 2.75) is 6.92 Å². The molecule has 1 N–H and O–H groups in total. The van der Waals surface area contributed by atoms with Crippen LogP contribution in [0.2, 0.25) is 0 Å². The number of fused-ring (bicyclic) bond motifs is 1. The van der Waals surface area contributed by atoms with Gasteiger partial charge in [-0.3, -0.25) is 0 Å². The monoisotopic (exact) mass is 207 g/mol. The van der Waals surface area contributed by atoms with Gasteiger partial charge in [-0.1, -0.05) is 42.5 Å². The maximum atomic E-state index is 3.31. The van der Waals surface area contributed by atoms with E-state index in [9.17, 15) is 0 Å². The molecule has 0 amide bonds. The van der Waals surface area contributed by atoms with E-state index < -0.39 is 0 Å². The van der Waals surface area contributed by atoms with E-state index in [1.54, 1.807) is 0 Å². The van der Waals surface area contributed by atoms with Crippen molar-refractivity contribution in [2.24, 2.45) is 0 Å². The lowest BCUT2D eigenvalue weighted by Crippen LogP contribution is -1.80. The quantitative estimate of drug-likeness (QED) is 0.617. The number of hydrogen-bond acceptors (Lipinski definition) is 0. The van der Waals surface area contributed by atoms with Crippen LogP contribution in [0.1, 0.15) is 5.56 Å². The molecule has 16 heavy (non-hydrogen) atoms. The highest BCUT2D eigenvalue weighted by Crippen LogP contribution is 2.27. The summed E-state index contributed by atoms with van der Waals surface area (Å²) in [6.45, 7) is 2.10. The van der Waals surface area contributed by atoms with E-state index in [1.807, 2.05) is 6.20 Å². The molecule has 0 bridgehead atoms. The molecule has 0 aliphatic carbocycles. The number of nitrogens with one attached hydrogen (secondary N) is 1. The Labute approximate surface area is 94.7 Å². The van der Waals surface area contributed by atoms with Crippen molar-refractivity contribution in [1.82, 2.24) is 4.98 Å². The van der Waals surface area contributed by atoms with Crippen LogP contribution >= 0.6 is 0 Å². The number of hydrogen-bond donors (Lipinski definition) is 1. The zero-order valence-electron chi connectivity index (χ0n) is 9.20. The van der Waals surface area contributed by atoms with Gasteiger partial charge >= 0.3 is 0 Å². The summed E-state index contributed by atoms with van der Waals surface area (Å²) in [5.74, 6) is 0. The largest absolute Gasteiger partial charge is 0.361 e. The molecule has 1 nitrogen and oxygen atoms in total. The van der Waals surface area contributed by atoms with E-state index in [0.717, 1.165) is 0 Å². The Morgan fingerprint density at radius 1 is 0.938 bits per heavy atom. The van der Waals surface area contributed by atoms with Gasteiger partial charge in [-0.25, -0.2) is 0 Å². The van der Waals surface area contributed by atoms with Gasteiger partial charge in [-0.05, 0) is 29.3 Å². The lowest BCUT2D eigenvalue weighted by Gasteiger charge is -2.04. The molecule has 0 atom stereocenters. The number of benzene rings is 2. The van der Waals surface area contributed by atoms with Gasteiger partial charge in [0.25, 0.3) is 0 Å². The Balaban J connectivity index is 2.31. The predicted octanol–water partition coefficient (Wildman–Crippen LogP) is 4.14. The smallest absolute Gasteiger partial charge is 0.0462 e. The maximum Gasteiger partial charge on any atom is 0.0462 e. The summed E-state index contributed by atoms with van der Waals surface area (Å²) < 4.78 is 0. The van der Waals surface area contributed by atoms with Crippen molar-refractivity contribution < 1.29 is 0 Å². The van der Waals surface area contributed by atoms with Crippen LogP contribution in [0.5, 0.6) is 0 Å². The van der Waals surface area contributed by atoms with E-state index in [4.69, 9.17) is 0 Å². The summed E-state index contributed by atoms with van der Waals surface area (Å²) in [6, 6.07) is 17.1. The van der Waals surface area contributed by atoms with Crippen LogP contribution in [-0.2, 0) is 0 Å². The minimum atomic E-state index is 1.19. The van der Waals surface area contributed by atoms with Gasteiger partial charge in [-0.2, -0.15) is 0 Å².